The molecule has 1 fully saturated rings. The number of amides is 1. The molecule has 1 aromatic rings. The van der Waals surface area contributed by atoms with Crippen molar-refractivity contribution in [3.8, 4) is 0 Å². The average molecular weight is 302 g/mol. The topological polar surface area (TPSA) is 72.2 Å². The SMILES string of the molecule is O=C(Nc1cc([N+](=O)[O-])cc(C(F)(F)F)c1)C1CCCC1. The van der Waals surface area contributed by atoms with Gasteiger partial charge in [0.1, 0.15) is 0 Å². The summed E-state index contributed by atoms with van der Waals surface area (Å²) in [5.74, 6) is -0.625. The number of rotatable bonds is 3. The summed E-state index contributed by atoms with van der Waals surface area (Å²) in [6.07, 6.45) is -1.53. The van der Waals surface area contributed by atoms with Crippen molar-refractivity contribution >= 4 is 17.3 Å². The normalized spacial score (nSPS) is 16.0. The Morgan fingerprint density at radius 3 is 2.38 bits per heavy atom. The number of nitrogens with zero attached hydrogens (tertiary/aromatic N) is 1. The summed E-state index contributed by atoms with van der Waals surface area (Å²) < 4.78 is 38.1. The molecule has 0 saturated heterocycles. The van der Waals surface area contributed by atoms with Crippen molar-refractivity contribution in [2.45, 2.75) is 31.9 Å². The van der Waals surface area contributed by atoms with Crippen LogP contribution in [0.4, 0.5) is 24.5 Å². The Hall–Kier alpha value is -2.12. The number of nitro benzene ring substituents is 1. The van der Waals surface area contributed by atoms with E-state index in [4.69, 9.17) is 0 Å². The standard InChI is InChI=1S/C13H13F3N2O3/c14-13(15,16)9-5-10(7-11(6-9)18(20)21)17-12(19)8-3-1-2-4-8/h5-8H,1-4H2,(H,17,19). The Bertz CT molecular complexity index is 566. The second-order valence-corrected chi connectivity index (χ2v) is 4.99. The first kappa shape index (κ1) is 15.3. The number of hydrogen-bond donors (Lipinski definition) is 1. The van der Waals surface area contributed by atoms with Crippen LogP contribution in [0, 0.1) is 16.0 Å². The molecule has 8 heteroatoms. The first-order valence-corrected chi connectivity index (χ1v) is 6.45. The molecule has 0 aliphatic heterocycles. The maximum Gasteiger partial charge on any atom is 0.416 e. The predicted octanol–water partition coefficient (Wildman–Crippen LogP) is 3.74. The van der Waals surface area contributed by atoms with E-state index in [-0.39, 0.29) is 17.5 Å². The smallest absolute Gasteiger partial charge is 0.326 e. The Labute approximate surface area is 118 Å². The van der Waals surface area contributed by atoms with Gasteiger partial charge < -0.3 is 5.32 Å². The van der Waals surface area contributed by atoms with E-state index in [1.165, 1.54) is 0 Å². The number of carbonyl (C=O) groups excluding carboxylic acids is 1. The number of nitrogens with one attached hydrogen (secondary N) is 1. The molecule has 0 bridgehead atoms. The summed E-state index contributed by atoms with van der Waals surface area (Å²) in [6, 6.07) is 2.09. The van der Waals surface area contributed by atoms with E-state index in [1.807, 2.05) is 0 Å². The fourth-order valence-corrected chi connectivity index (χ4v) is 2.38. The van der Waals surface area contributed by atoms with Gasteiger partial charge in [-0.1, -0.05) is 12.8 Å². The number of benzene rings is 1. The Morgan fingerprint density at radius 1 is 1.24 bits per heavy atom. The van der Waals surface area contributed by atoms with Gasteiger partial charge in [0.15, 0.2) is 0 Å². The Balaban J connectivity index is 2.27. The molecule has 0 spiro atoms. The van der Waals surface area contributed by atoms with E-state index in [0.29, 0.717) is 25.0 Å². The molecule has 1 amide bonds. The zero-order valence-corrected chi connectivity index (χ0v) is 10.9. The fraction of sp³-hybridized carbons (Fsp3) is 0.462. The molecular weight excluding hydrogens is 289 g/mol. The maximum absolute atomic E-state index is 12.7. The zero-order chi connectivity index (χ0) is 15.6. The van der Waals surface area contributed by atoms with Crippen molar-refractivity contribution in [2.75, 3.05) is 5.32 Å². The largest absolute Gasteiger partial charge is 0.416 e. The summed E-state index contributed by atoms with van der Waals surface area (Å²) in [7, 11) is 0. The van der Waals surface area contributed by atoms with Crippen molar-refractivity contribution in [3.05, 3.63) is 33.9 Å². The molecule has 1 N–H and O–H groups in total. The molecule has 1 aliphatic rings. The maximum atomic E-state index is 12.7. The number of carbonyl (C=O) groups is 1. The predicted molar refractivity (Wildman–Crippen MR) is 68.7 cm³/mol. The number of hydrogen-bond acceptors (Lipinski definition) is 3. The van der Waals surface area contributed by atoms with E-state index >= 15 is 0 Å². The molecule has 114 valence electrons. The lowest BCUT2D eigenvalue weighted by molar-refractivity contribution is -0.385. The summed E-state index contributed by atoms with van der Waals surface area (Å²) >= 11 is 0. The van der Waals surface area contributed by atoms with Crippen LogP contribution in [0.1, 0.15) is 31.2 Å². The van der Waals surface area contributed by atoms with Crippen LogP contribution in [0.5, 0.6) is 0 Å². The molecule has 1 aromatic carbocycles. The molecule has 21 heavy (non-hydrogen) atoms. The van der Waals surface area contributed by atoms with Crippen molar-refractivity contribution in [2.24, 2.45) is 5.92 Å². The minimum absolute atomic E-state index is 0.201. The average Bonchev–Trinajstić information content (AvgIpc) is 2.91. The highest BCUT2D eigenvalue weighted by molar-refractivity contribution is 5.93. The van der Waals surface area contributed by atoms with E-state index in [9.17, 15) is 28.1 Å². The van der Waals surface area contributed by atoms with Crippen LogP contribution in [-0.4, -0.2) is 10.8 Å². The minimum atomic E-state index is -4.71. The fourth-order valence-electron chi connectivity index (χ4n) is 2.38. The molecule has 2 rings (SSSR count). The third-order valence-electron chi connectivity index (χ3n) is 3.45. The molecule has 0 radical (unpaired) electrons. The monoisotopic (exact) mass is 302 g/mol. The summed E-state index contributed by atoms with van der Waals surface area (Å²) in [4.78, 5) is 21.7. The second kappa shape index (κ2) is 5.71. The molecule has 1 saturated carbocycles. The first-order chi connectivity index (χ1) is 9.77. The number of non-ortho nitro benzene ring substituents is 1. The van der Waals surface area contributed by atoms with E-state index < -0.39 is 22.4 Å². The minimum Gasteiger partial charge on any atom is -0.326 e. The van der Waals surface area contributed by atoms with E-state index in [2.05, 4.69) is 5.32 Å². The lowest BCUT2D eigenvalue weighted by Gasteiger charge is -2.12. The highest BCUT2D eigenvalue weighted by Gasteiger charge is 2.33. The highest BCUT2D eigenvalue weighted by Crippen LogP contribution is 2.34. The van der Waals surface area contributed by atoms with Gasteiger partial charge in [0, 0.05) is 23.7 Å². The third-order valence-corrected chi connectivity index (χ3v) is 3.45. The van der Waals surface area contributed by atoms with Crippen molar-refractivity contribution < 1.29 is 22.9 Å². The molecule has 0 unspecified atom stereocenters. The van der Waals surface area contributed by atoms with Crippen molar-refractivity contribution in [1.29, 1.82) is 0 Å². The van der Waals surface area contributed by atoms with Gasteiger partial charge in [-0.25, -0.2) is 0 Å². The highest BCUT2D eigenvalue weighted by atomic mass is 19.4. The zero-order valence-electron chi connectivity index (χ0n) is 10.9. The third kappa shape index (κ3) is 3.71. The molecule has 0 heterocycles. The van der Waals surface area contributed by atoms with E-state index in [1.54, 1.807) is 0 Å². The molecular formula is C13H13F3N2O3. The van der Waals surface area contributed by atoms with Gasteiger partial charge in [-0.05, 0) is 18.9 Å². The van der Waals surface area contributed by atoms with Crippen molar-refractivity contribution in [1.82, 2.24) is 0 Å². The van der Waals surface area contributed by atoms with Gasteiger partial charge >= 0.3 is 6.18 Å². The Kier molecular flexibility index (Phi) is 4.15. The number of nitro groups is 1. The molecule has 1 aliphatic carbocycles. The quantitative estimate of drug-likeness (QED) is 0.683. The van der Waals surface area contributed by atoms with Crippen LogP contribution >= 0.6 is 0 Å². The van der Waals surface area contributed by atoms with Crippen LogP contribution in [0.25, 0.3) is 0 Å². The summed E-state index contributed by atoms with van der Waals surface area (Å²) in [5.41, 5.74) is -2.06. The van der Waals surface area contributed by atoms with Gasteiger partial charge in [0.05, 0.1) is 10.5 Å². The number of alkyl halides is 3. The van der Waals surface area contributed by atoms with Crippen LogP contribution in [0.2, 0.25) is 0 Å². The molecule has 5 nitrogen and oxygen atoms in total. The van der Waals surface area contributed by atoms with Gasteiger partial charge in [-0.15, -0.1) is 0 Å². The van der Waals surface area contributed by atoms with Crippen LogP contribution in [0.15, 0.2) is 18.2 Å². The van der Waals surface area contributed by atoms with Crippen molar-refractivity contribution in [3.63, 3.8) is 0 Å². The molecule has 0 atom stereocenters. The lowest BCUT2D eigenvalue weighted by atomic mass is 10.1. The van der Waals surface area contributed by atoms with Gasteiger partial charge in [-0.3, -0.25) is 14.9 Å². The van der Waals surface area contributed by atoms with Gasteiger partial charge in [0.2, 0.25) is 5.91 Å². The number of anilines is 1. The second-order valence-electron chi connectivity index (χ2n) is 4.99. The number of halogens is 3. The van der Waals surface area contributed by atoms with Crippen LogP contribution < -0.4 is 5.32 Å². The summed E-state index contributed by atoms with van der Waals surface area (Å²) in [5, 5.41) is 13.0. The van der Waals surface area contributed by atoms with Gasteiger partial charge in [-0.2, -0.15) is 13.2 Å². The van der Waals surface area contributed by atoms with Gasteiger partial charge in [0.25, 0.3) is 5.69 Å². The lowest BCUT2D eigenvalue weighted by Crippen LogP contribution is -2.20. The molecule has 0 aromatic heterocycles. The first-order valence-electron chi connectivity index (χ1n) is 6.45. The van der Waals surface area contributed by atoms with Crippen LogP contribution in [-0.2, 0) is 11.0 Å². The summed E-state index contributed by atoms with van der Waals surface area (Å²) in [6.45, 7) is 0. The van der Waals surface area contributed by atoms with Crippen LogP contribution in [0.3, 0.4) is 0 Å². The Morgan fingerprint density at radius 2 is 1.86 bits per heavy atom. The van der Waals surface area contributed by atoms with E-state index in [0.717, 1.165) is 18.9 Å².